The monoisotopic (exact) mass is 460 g/mol. The number of β-lactam (4-membered cyclic amide) rings is 1. The molecule has 0 radical (unpaired) electrons. The highest BCUT2D eigenvalue weighted by molar-refractivity contribution is 8.01. The Bertz CT molecular complexity index is 1030. The summed E-state index contributed by atoms with van der Waals surface area (Å²) in [7, 11) is 0. The van der Waals surface area contributed by atoms with Gasteiger partial charge in [-0.1, -0.05) is 12.1 Å². The molecule has 1 aromatic carbocycles. The van der Waals surface area contributed by atoms with Crippen LogP contribution in [0.15, 0.2) is 36.0 Å². The standard InChI is InChI=1S/C21H24N4O6S/c1-10(26)11-6-5-7-12(8-11)16(27)23-14-18(29)25-9-13(20(30)31-21(2,3)4)15(17(28)24-22)32-19(14)25/h5-9,14-15,19H,22H2,1-4H3,(H,23,27)(H,24,28)/t14?,15?,19-/m1/s1. The van der Waals surface area contributed by atoms with Gasteiger partial charge in [0, 0.05) is 17.3 Å². The predicted molar refractivity (Wildman–Crippen MR) is 116 cm³/mol. The van der Waals surface area contributed by atoms with Crippen LogP contribution in [0.1, 0.15) is 48.4 Å². The van der Waals surface area contributed by atoms with Crippen LogP contribution in [0.3, 0.4) is 0 Å². The maximum absolute atomic E-state index is 12.7. The Balaban J connectivity index is 1.81. The minimum absolute atomic E-state index is 0.0172. The third kappa shape index (κ3) is 4.68. The molecule has 32 heavy (non-hydrogen) atoms. The van der Waals surface area contributed by atoms with E-state index in [0.717, 1.165) is 11.8 Å². The van der Waals surface area contributed by atoms with E-state index in [1.54, 1.807) is 32.9 Å². The molecule has 10 nitrogen and oxygen atoms in total. The number of fused-ring (bicyclic) bond motifs is 1. The molecule has 0 saturated carbocycles. The van der Waals surface area contributed by atoms with Crippen molar-refractivity contribution in [2.24, 2.45) is 5.84 Å². The van der Waals surface area contributed by atoms with Gasteiger partial charge in [-0.2, -0.15) is 0 Å². The molecule has 2 aliphatic heterocycles. The Morgan fingerprint density at radius 2 is 1.81 bits per heavy atom. The van der Waals surface area contributed by atoms with E-state index in [1.165, 1.54) is 30.2 Å². The number of nitrogens with one attached hydrogen (secondary N) is 2. The van der Waals surface area contributed by atoms with Crippen molar-refractivity contribution in [1.29, 1.82) is 0 Å². The molecule has 3 rings (SSSR count). The first-order chi connectivity index (χ1) is 14.9. The highest BCUT2D eigenvalue weighted by atomic mass is 32.2. The fourth-order valence-corrected chi connectivity index (χ4v) is 4.62. The quantitative estimate of drug-likeness (QED) is 0.144. The summed E-state index contributed by atoms with van der Waals surface area (Å²) in [6, 6.07) is 5.22. The van der Waals surface area contributed by atoms with E-state index in [-0.39, 0.29) is 16.9 Å². The average Bonchev–Trinajstić information content (AvgIpc) is 2.74. The third-order valence-electron chi connectivity index (χ3n) is 4.75. The zero-order valence-electron chi connectivity index (χ0n) is 18.0. The molecular formula is C21H24N4O6S. The summed E-state index contributed by atoms with van der Waals surface area (Å²) in [6.45, 7) is 6.44. The van der Waals surface area contributed by atoms with E-state index in [2.05, 4.69) is 5.32 Å². The van der Waals surface area contributed by atoms with Crippen molar-refractivity contribution in [2.45, 2.75) is 50.0 Å². The van der Waals surface area contributed by atoms with Gasteiger partial charge in [0.25, 0.3) is 17.7 Å². The van der Waals surface area contributed by atoms with Crippen molar-refractivity contribution in [1.82, 2.24) is 15.6 Å². The van der Waals surface area contributed by atoms with Crippen molar-refractivity contribution >= 4 is 41.2 Å². The molecule has 4 N–H and O–H groups in total. The van der Waals surface area contributed by atoms with Crippen molar-refractivity contribution in [3.05, 3.63) is 47.2 Å². The summed E-state index contributed by atoms with van der Waals surface area (Å²) in [6.07, 6.45) is 1.27. The van der Waals surface area contributed by atoms with Crippen molar-refractivity contribution < 1.29 is 28.7 Å². The van der Waals surface area contributed by atoms with Crippen LogP contribution in [0, 0.1) is 0 Å². The van der Waals surface area contributed by atoms with Gasteiger partial charge >= 0.3 is 5.97 Å². The van der Waals surface area contributed by atoms with E-state index in [1.807, 2.05) is 5.43 Å². The van der Waals surface area contributed by atoms with Gasteiger partial charge in [0.15, 0.2) is 5.78 Å². The zero-order valence-corrected chi connectivity index (χ0v) is 18.8. The van der Waals surface area contributed by atoms with Gasteiger partial charge in [0.05, 0.1) is 5.57 Å². The number of hydrogen-bond acceptors (Lipinski definition) is 8. The number of thioether (sulfide) groups is 1. The van der Waals surface area contributed by atoms with Gasteiger partial charge in [0.2, 0.25) is 0 Å². The van der Waals surface area contributed by atoms with Crippen LogP contribution >= 0.6 is 11.8 Å². The number of Topliss-reactive ketones (excluding diaryl/α,β-unsaturated/α-hetero) is 1. The molecule has 11 heteroatoms. The van der Waals surface area contributed by atoms with E-state index in [4.69, 9.17) is 10.6 Å². The van der Waals surface area contributed by atoms with Crippen LogP contribution < -0.4 is 16.6 Å². The predicted octanol–water partition coefficient (Wildman–Crippen LogP) is 0.487. The number of benzene rings is 1. The fraction of sp³-hybridized carbons (Fsp3) is 0.381. The normalized spacial score (nSPS) is 22.2. The lowest BCUT2D eigenvalue weighted by Gasteiger charge is -2.48. The molecule has 3 amide bonds. The van der Waals surface area contributed by atoms with Crippen LogP contribution in [-0.2, 0) is 19.1 Å². The second-order valence-corrected chi connectivity index (χ2v) is 9.56. The Kier molecular flexibility index (Phi) is 6.42. The SMILES string of the molecule is CC(=O)c1cccc(C(=O)NC2C(=O)N3C=C(C(=O)OC(C)(C)C)C(C(=O)NN)S[C@H]23)c1. The van der Waals surface area contributed by atoms with Crippen LogP contribution in [0.4, 0.5) is 0 Å². The smallest absolute Gasteiger partial charge is 0.337 e. The van der Waals surface area contributed by atoms with E-state index in [0.29, 0.717) is 5.56 Å². The Morgan fingerprint density at radius 3 is 2.41 bits per heavy atom. The number of carbonyl (C=O) groups is 5. The van der Waals surface area contributed by atoms with E-state index < -0.39 is 46.0 Å². The van der Waals surface area contributed by atoms with E-state index in [9.17, 15) is 24.0 Å². The fourth-order valence-electron chi connectivity index (χ4n) is 3.21. The highest BCUT2D eigenvalue weighted by Gasteiger charge is 2.54. The van der Waals surface area contributed by atoms with Gasteiger partial charge in [-0.15, -0.1) is 11.8 Å². The lowest BCUT2D eigenvalue weighted by Crippen LogP contribution is -2.69. The number of ether oxygens (including phenoxy) is 1. The number of nitrogens with zero attached hydrogens (tertiary/aromatic N) is 1. The largest absolute Gasteiger partial charge is 0.457 e. The van der Waals surface area contributed by atoms with Crippen LogP contribution in [0.5, 0.6) is 0 Å². The zero-order chi connectivity index (χ0) is 23.8. The molecule has 0 bridgehead atoms. The van der Waals surface area contributed by atoms with Crippen LogP contribution in [-0.4, -0.2) is 56.6 Å². The number of hydrogen-bond donors (Lipinski definition) is 3. The maximum Gasteiger partial charge on any atom is 0.337 e. The number of nitrogens with two attached hydrogens (primary N) is 1. The minimum Gasteiger partial charge on any atom is -0.457 e. The molecule has 0 spiro atoms. The second-order valence-electron chi connectivity index (χ2n) is 8.34. The number of rotatable bonds is 5. The van der Waals surface area contributed by atoms with Crippen LogP contribution in [0.25, 0.3) is 0 Å². The molecule has 1 aromatic rings. The second kappa shape index (κ2) is 8.75. The van der Waals surface area contributed by atoms with Crippen molar-refractivity contribution in [3.8, 4) is 0 Å². The molecular weight excluding hydrogens is 436 g/mol. The van der Waals surface area contributed by atoms with E-state index >= 15 is 0 Å². The molecule has 2 unspecified atom stereocenters. The summed E-state index contributed by atoms with van der Waals surface area (Å²) in [4.78, 5) is 63.1. The molecule has 2 heterocycles. The number of ketones is 1. The number of carbonyl (C=O) groups excluding carboxylic acids is 5. The summed E-state index contributed by atoms with van der Waals surface area (Å²) >= 11 is 1.01. The number of hydrazine groups is 1. The summed E-state index contributed by atoms with van der Waals surface area (Å²) in [5.74, 6) is 2.74. The number of esters is 1. The first kappa shape index (κ1) is 23.5. The summed E-state index contributed by atoms with van der Waals surface area (Å²) in [5.41, 5.74) is 1.80. The molecule has 0 aliphatic carbocycles. The first-order valence-electron chi connectivity index (χ1n) is 9.78. The Morgan fingerprint density at radius 1 is 1.16 bits per heavy atom. The molecule has 2 aliphatic rings. The van der Waals surface area contributed by atoms with Gasteiger partial charge < -0.3 is 15.0 Å². The minimum atomic E-state index is -1.02. The summed E-state index contributed by atoms with van der Waals surface area (Å²) in [5, 5.41) is 0.999. The lowest BCUT2D eigenvalue weighted by atomic mass is 10.0. The molecule has 1 saturated heterocycles. The number of amides is 3. The summed E-state index contributed by atoms with van der Waals surface area (Å²) < 4.78 is 5.35. The Hall–Kier alpha value is -3.18. The Labute approximate surface area is 188 Å². The molecule has 3 atom stereocenters. The first-order valence-corrected chi connectivity index (χ1v) is 10.7. The van der Waals surface area contributed by atoms with Gasteiger partial charge in [-0.3, -0.25) is 24.6 Å². The topological polar surface area (TPSA) is 148 Å². The average molecular weight is 461 g/mol. The maximum atomic E-state index is 12.7. The van der Waals surface area contributed by atoms with Crippen LogP contribution in [0.2, 0.25) is 0 Å². The van der Waals surface area contributed by atoms with Crippen molar-refractivity contribution in [2.75, 3.05) is 0 Å². The van der Waals surface area contributed by atoms with Gasteiger partial charge in [-0.25, -0.2) is 10.6 Å². The third-order valence-corrected chi connectivity index (χ3v) is 6.27. The molecule has 0 aromatic heterocycles. The lowest BCUT2D eigenvalue weighted by molar-refractivity contribution is -0.151. The molecule has 1 fully saturated rings. The molecule has 170 valence electrons. The van der Waals surface area contributed by atoms with Gasteiger partial charge in [-0.05, 0) is 39.8 Å². The van der Waals surface area contributed by atoms with Gasteiger partial charge in [0.1, 0.15) is 22.3 Å². The van der Waals surface area contributed by atoms with Crippen molar-refractivity contribution in [3.63, 3.8) is 0 Å². The highest BCUT2D eigenvalue weighted by Crippen LogP contribution is 2.41.